The summed E-state index contributed by atoms with van der Waals surface area (Å²) in [6.45, 7) is 5.83. The van der Waals surface area contributed by atoms with E-state index in [9.17, 15) is 9.59 Å². The molecule has 2 aromatic rings. The Kier molecular flexibility index (Phi) is 6.01. The van der Waals surface area contributed by atoms with E-state index in [0.29, 0.717) is 21.5 Å². The second-order valence-electron chi connectivity index (χ2n) is 7.04. The van der Waals surface area contributed by atoms with E-state index in [1.165, 1.54) is 4.90 Å². The van der Waals surface area contributed by atoms with Crippen molar-refractivity contribution in [3.8, 4) is 0 Å². The van der Waals surface area contributed by atoms with Crippen LogP contribution in [0.4, 0.5) is 11.4 Å². The summed E-state index contributed by atoms with van der Waals surface area (Å²) >= 11 is 11.8. The molecule has 0 aliphatic carbocycles. The van der Waals surface area contributed by atoms with E-state index in [2.05, 4.69) is 5.32 Å². The largest absolute Gasteiger partial charge is 0.333 e. The first-order valence-electron chi connectivity index (χ1n) is 9.07. The second kappa shape index (κ2) is 8.29. The summed E-state index contributed by atoms with van der Waals surface area (Å²) in [4.78, 5) is 29.1. The molecular formula is C21H22ClN3O2S. The number of hydrogen-bond acceptors (Lipinski definition) is 3. The number of hydrogen-bond donors (Lipinski definition) is 1. The van der Waals surface area contributed by atoms with Crippen molar-refractivity contribution < 1.29 is 9.59 Å². The number of nitrogens with one attached hydrogen (secondary N) is 1. The lowest BCUT2D eigenvalue weighted by atomic mass is 10.1. The van der Waals surface area contributed by atoms with Crippen LogP contribution in [0.1, 0.15) is 25.8 Å². The van der Waals surface area contributed by atoms with E-state index in [0.717, 1.165) is 5.56 Å². The molecule has 28 heavy (non-hydrogen) atoms. The van der Waals surface area contributed by atoms with E-state index < -0.39 is 6.04 Å². The van der Waals surface area contributed by atoms with Crippen LogP contribution in [0.15, 0.2) is 48.5 Å². The Morgan fingerprint density at radius 1 is 1.21 bits per heavy atom. The molecule has 2 aromatic carbocycles. The first-order valence-corrected chi connectivity index (χ1v) is 9.85. The number of anilines is 2. The number of para-hydroxylation sites is 1. The number of carbonyl (C=O) groups excluding carboxylic acids is 2. The van der Waals surface area contributed by atoms with Crippen molar-refractivity contribution in [3.05, 3.63) is 59.1 Å². The van der Waals surface area contributed by atoms with Crippen molar-refractivity contribution in [2.45, 2.75) is 39.3 Å². The Balaban J connectivity index is 1.82. The van der Waals surface area contributed by atoms with Crippen LogP contribution in [-0.4, -0.2) is 33.9 Å². The van der Waals surface area contributed by atoms with Gasteiger partial charge in [-0.1, -0.05) is 35.9 Å². The highest BCUT2D eigenvalue weighted by Gasteiger charge is 2.45. The van der Waals surface area contributed by atoms with Crippen LogP contribution in [0.3, 0.4) is 0 Å². The maximum absolute atomic E-state index is 13.1. The van der Waals surface area contributed by atoms with Gasteiger partial charge < -0.3 is 10.2 Å². The van der Waals surface area contributed by atoms with Gasteiger partial charge in [-0.15, -0.1) is 0 Å². The molecule has 2 amide bonds. The van der Waals surface area contributed by atoms with Crippen molar-refractivity contribution in [3.63, 3.8) is 0 Å². The van der Waals surface area contributed by atoms with E-state index in [-0.39, 0.29) is 24.3 Å². The topological polar surface area (TPSA) is 52.7 Å². The third kappa shape index (κ3) is 4.03. The summed E-state index contributed by atoms with van der Waals surface area (Å²) in [5.74, 6) is -0.484. The Morgan fingerprint density at radius 2 is 1.89 bits per heavy atom. The molecule has 1 aliphatic heterocycles. The Labute approximate surface area is 175 Å². The van der Waals surface area contributed by atoms with Gasteiger partial charge in [0.05, 0.1) is 22.8 Å². The average molecular weight is 416 g/mol. The third-order valence-electron chi connectivity index (χ3n) is 4.60. The van der Waals surface area contributed by atoms with Gasteiger partial charge in [0.1, 0.15) is 6.04 Å². The average Bonchev–Trinajstić information content (AvgIpc) is 2.88. The lowest BCUT2D eigenvalue weighted by Gasteiger charge is -2.27. The predicted molar refractivity (Wildman–Crippen MR) is 117 cm³/mol. The molecule has 0 radical (unpaired) electrons. The van der Waals surface area contributed by atoms with Crippen LogP contribution in [0.25, 0.3) is 0 Å². The molecule has 5 nitrogen and oxygen atoms in total. The minimum atomic E-state index is -0.656. The summed E-state index contributed by atoms with van der Waals surface area (Å²) in [7, 11) is 0. The fourth-order valence-corrected chi connectivity index (χ4v) is 4.11. The standard InChI is InChI=1S/C21H22ClN3O2S/c1-13(2)24-18(12-19(26)23-17-10-9-14(3)11-16(17)22)20(27)25(21(24)28)15-7-5-4-6-8-15/h4-11,13,18H,12H2,1-3H3,(H,23,26). The Hall–Kier alpha value is -2.44. The number of halogens is 1. The zero-order valence-corrected chi connectivity index (χ0v) is 17.6. The molecule has 1 saturated heterocycles. The first-order chi connectivity index (χ1) is 13.3. The number of benzene rings is 2. The van der Waals surface area contributed by atoms with Crippen LogP contribution in [0.5, 0.6) is 0 Å². The number of amides is 2. The monoisotopic (exact) mass is 415 g/mol. The Bertz CT molecular complexity index is 917. The van der Waals surface area contributed by atoms with Crippen molar-refractivity contribution >= 4 is 52.1 Å². The van der Waals surface area contributed by atoms with Crippen molar-refractivity contribution in [1.82, 2.24) is 4.90 Å². The van der Waals surface area contributed by atoms with Gasteiger partial charge in [-0.05, 0) is 62.8 Å². The van der Waals surface area contributed by atoms with Crippen LogP contribution in [0.2, 0.25) is 5.02 Å². The molecule has 1 heterocycles. The quantitative estimate of drug-likeness (QED) is 0.736. The summed E-state index contributed by atoms with van der Waals surface area (Å²) < 4.78 is 0. The van der Waals surface area contributed by atoms with Gasteiger partial charge in [-0.2, -0.15) is 0 Å². The molecule has 3 rings (SSSR count). The molecule has 0 spiro atoms. The molecule has 0 bridgehead atoms. The third-order valence-corrected chi connectivity index (χ3v) is 5.31. The zero-order valence-electron chi connectivity index (χ0n) is 16.0. The van der Waals surface area contributed by atoms with E-state index in [4.69, 9.17) is 23.8 Å². The molecule has 146 valence electrons. The van der Waals surface area contributed by atoms with Gasteiger partial charge in [0, 0.05) is 6.04 Å². The fourth-order valence-electron chi connectivity index (χ4n) is 3.29. The normalized spacial score (nSPS) is 16.8. The number of aryl methyl sites for hydroxylation is 1. The summed E-state index contributed by atoms with van der Waals surface area (Å²) in [6, 6.07) is 14.0. The van der Waals surface area contributed by atoms with Gasteiger partial charge in [0.25, 0.3) is 5.91 Å². The van der Waals surface area contributed by atoms with Gasteiger partial charge in [0.15, 0.2) is 5.11 Å². The highest BCUT2D eigenvalue weighted by Crippen LogP contribution is 2.29. The first kappa shape index (κ1) is 20.3. The van der Waals surface area contributed by atoms with Gasteiger partial charge >= 0.3 is 0 Å². The maximum Gasteiger partial charge on any atom is 0.256 e. The number of carbonyl (C=O) groups is 2. The number of rotatable bonds is 5. The molecular weight excluding hydrogens is 394 g/mol. The lowest BCUT2D eigenvalue weighted by Crippen LogP contribution is -2.42. The molecule has 0 saturated carbocycles. The molecule has 7 heteroatoms. The van der Waals surface area contributed by atoms with Crippen LogP contribution in [-0.2, 0) is 9.59 Å². The Morgan fingerprint density at radius 3 is 2.50 bits per heavy atom. The minimum absolute atomic E-state index is 0.00923. The summed E-state index contributed by atoms with van der Waals surface area (Å²) in [6.07, 6.45) is -0.00923. The highest BCUT2D eigenvalue weighted by atomic mass is 35.5. The minimum Gasteiger partial charge on any atom is -0.333 e. The zero-order chi connectivity index (χ0) is 20.4. The molecule has 1 aliphatic rings. The maximum atomic E-state index is 13.1. The molecule has 1 N–H and O–H groups in total. The second-order valence-corrected chi connectivity index (χ2v) is 7.82. The van der Waals surface area contributed by atoms with Crippen molar-refractivity contribution in [1.29, 1.82) is 0 Å². The lowest BCUT2D eigenvalue weighted by molar-refractivity contribution is -0.124. The summed E-state index contributed by atoms with van der Waals surface area (Å²) in [5, 5.41) is 3.68. The van der Waals surface area contributed by atoms with E-state index in [1.54, 1.807) is 12.1 Å². The summed E-state index contributed by atoms with van der Waals surface area (Å²) in [5.41, 5.74) is 2.23. The van der Waals surface area contributed by atoms with E-state index >= 15 is 0 Å². The molecule has 1 atom stereocenters. The number of thiocarbonyl (C=S) groups is 1. The molecule has 0 aromatic heterocycles. The SMILES string of the molecule is Cc1ccc(NC(=O)CC2C(=O)N(c3ccccc3)C(=S)N2C(C)C)c(Cl)c1. The van der Waals surface area contributed by atoms with Crippen LogP contribution < -0.4 is 10.2 Å². The van der Waals surface area contributed by atoms with Crippen LogP contribution >= 0.6 is 23.8 Å². The molecule has 1 fully saturated rings. The predicted octanol–water partition coefficient (Wildman–Crippen LogP) is 4.39. The smallest absolute Gasteiger partial charge is 0.256 e. The van der Waals surface area contributed by atoms with Crippen molar-refractivity contribution in [2.24, 2.45) is 0 Å². The van der Waals surface area contributed by atoms with Crippen LogP contribution in [0, 0.1) is 6.92 Å². The van der Waals surface area contributed by atoms with Crippen molar-refractivity contribution in [2.75, 3.05) is 10.2 Å². The fraction of sp³-hybridized carbons (Fsp3) is 0.286. The molecule has 1 unspecified atom stereocenters. The number of nitrogens with zero attached hydrogens (tertiary/aromatic N) is 2. The van der Waals surface area contributed by atoms with Gasteiger partial charge in [-0.3, -0.25) is 14.5 Å². The highest BCUT2D eigenvalue weighted by molar-refractivity contribution is 7.80. The van der Waals surface area contributed by atoms with E-state index in [1.807, 2.05) is 62.1 Å². The van der Waals surface area contributed by atoms with Gasteiger partial charge in [-0.25, -0.2) is 0 Å². The van der Waals surface area contributed by atoms with Gasteiger partial charge in [0.2, 0.25) is 5.91 Å².